The zero-order valence-corrected chi connectivity index (χ0v) is 37.7. The maximum absolute atomic E-state index is 6.00. The number of hydrogen-bond acceptors (Lipinski definition) is 16. The summed E-state index contributed by atoms with van der Waals surface area (Å²) in [5.41, 5.74) is 3.29. The van der Waals surface area contributed by atoms with E-state index in [1.165, 1.54) is 25.9 Å². The Kier molecular flexibility index (Phi) is 13.8. The molecule has 0 saturated carbocycles. The summed E-state index contributed by atoms with van der Waals surface area (Å²) in [5.74, 6) is 6.56. The molecule has 6 aromatic heterocycles. The van der Waals surface area contributed by atoms with Crippen molar-refractivity contribution in [1.82, 2.24) is 53.6 Å². The van der Waals surface area contributed by atoms with Crippen molar-refractivity contribution in [3.8, 4) is 45.9 Å². The third-order valence-corrected chi connectivity index (χ3v) is 10.8. The third-order valence-electron chi connectivity index (χ3n) is 10.6. The molecule has 10 rings (SSSR count). The highest BCUT2D eigenvalue weighted by Crippen LogP contribution is 2.41. The minimum absolute atomic E-state index is 0.134. The lowest BCUT2D eigenvalue weighted by Gasteiger charge is -2.16. The van der Waals surface area contributed by atoms with E-state index < -0.39 is 0 Å². The number of halogens is 1. The van der Waals surface area contributed by atoms with Crippen LogP contribution in [0.2, 0.25) is 5.28 Å². The highest BCUT2D eigenvalue weighted by Gasteiger charge is 2.20. The van der Waals surface area contributed by atoms with Crippen LogP contribution in [-0.2, 0) is 0 Å². The first-order valence-electron chi connectivity index (χ1n) is 20.9. The van der Waals surface area contributed by atoms with Crippen molar-refractivity contribution in [3.63, 3.8) is 0 Å². The lowest BCUT2D eigenvalue weighted by atomic mass is 10.2. The van der Waals surface area contributed by atoms with Gasteiger partial charge in [0.15, 0.2) is 34.6 Å². The summed E-state index contributed by atoms with van der Waals surface area (Å²) in [6.07, 6.45) is 15.9. The molecule has 2 aliphatic rings. The van der Waals surface area contributed by atoms with Crippen LogP contribution in [0.4, 0.5) is 29.2 Å². The largest absolute Gasteiger partial charge is 0.493 e. The molecule has 0 bridgehead atoms. The molecule has 2 fully saturated rings. The van der Waals surface area contributed by atoms with Crippen molar-refractivity contribution in [2.75, 3.05) is 84.4 Å². The maximum atomic E-state index is 6.00. The fourth-order valence-corrected chi connectivity index (χ4v) is 7.59. The molecule has 0 spiro atoms. The average Bonchev–Trinajstić information content (AvgIpc) is 4.19. The standard InChI is InChI=1S/C22H25N7O3.C18H17ClN6O3.C4H9N/c1-30-17-11-15(12-18(31-2)20(17)32-3)28-13-19(23-14-28)24-21-16-7-6-10-29(16)26-22(25-21)27-8-4-5-9-27;1-26-13-7-11(8-14(27-2)16(13)28-3)24-9-15(20-10-24)21-17-12-5-4-6-25(12)23-18(19)22-17;1-2-4-5-3-1/h6-7,10-14H,4-5,8-9H2,1-3H3,(H,24,25,26);4-10H,1-3H3,(H,21,22,23);5H,1-4H2. The summed E-state index contributed by atoms with van der Waals surface area (Å²) in [4.78, 5) is 20.1. The van der Waals surface area contributed by atoms with Gasteiger partial charge in [-0.25, -0.2) is 19.0 Å². The van der Waals surface area contributed by atoms with Crippen molar-refractivity contribution < 1.29 is 28.4 Å². The molecule has 2 aromatic carbocycles. The molecule has 20 nitrogen and oxygen atoms in total. The molecular formula is C44H51ClN14O6. The van der Waals surface area contributed by atoms with Crippen LogP contribution in [0.15, 0.2) is 86.0 Å². The van der Waals surface area contributed by atoms with E-state index in [1.54, 1.807) is 66.0 Å². The minimum Gasteiger partial charge on any atom is -0.493 e. The number of nitrogens with zero attached hydrogens (tertiary/aromatic N) is 11. The zero-order valence-electron chi connectivity index (χ0n) is 37.0. The van der Waals surface area contributed by atoms with Gasteiger partial charge in [0.25, 0.3) is 0 Å². The van der Waals surface area contributed by atoms with E-state index in [2.05, 4.69) is 46.0 Å². The van der Waals surface area contributed by atoms with E-state index in [4.69, 9.17) is 45.0 Å². The van der Waals surface area contributed by atoms with Gasteiger partial charge < -0.3 is 58.4 Å². The maximum Gasteiger partial charge on any atom is 0.245 e. The van der Waals surface area contributed by atoms with E-state index in [0.29, 0.717) is 57.8 Å². The number of nitrogens with one attached hydrogen (secondary N) is 3. The quantitative estimate of drug-likeness (QED) is 0.107. The molecule has 3 N–H and O–H groups in total. The number of imidazole rings is 2. The molecule has 340 valence electrons. The van der Waals surface area contributed by atoms with Crippen molar-refractivity contribution in [1.29, 1.82) is 0 Å². The Morgan fingerprint density at radius 1 is 0.585 bits per heavy atom. The fraction of sp³-hybridized carbons (Fsp3) is 0.318. The predicted octanol–water partition coefficient (Wildman–Crippen LogP) is 6.99. The van der Waals surface area contributed by atoms with Gasteiger partial charge in [-0.1, -0.05) is 0 Å². The van der Waals surface area contributed by atoms with Crippen LogP contribution in [0.3, 0.4) is 0 Å². The van der Waals surface area contributed by atoms with Gasteiger partial charge in [0.05, 0.1) is 66.4 Å². The Morgan fingerprint density at radius 3 is 1.48 bits per heavy atom. The summed E-state index contributed by atoms with van der Waals surface area (Å²) in [6, 6.07) is 15.1. The van der Waals surface area contributed by atoms with Crippen LogP contribution in [0.25, 0.3) is 22.4 Å². The Hall–Kier alpha value is -7.45. The zero-order chi connectivity index (χ0) is 45.3. The molecule has 0 radical (unpaired) electrons. The Labute approximate surface area is 380 Å². The SMILES string of the molecule is C1CCNC1.COc1cc(-n2cnc(Nc3nc(Cl)nn4cccc34)c2)cc(OC)c1OC.COc1cc(-n2cnc(Nc3nc(N4CCCC4)nn4cccc34)c2)cc(OC)c1OC. The molecule has 0 unspecified atom stereocenters. The van der Waals surface area contributed by atoms with Crippen molar-refractivity contribution in [2.24, 2.45) is 0 Å². The van der Waals surface area contributed by atoms with Crippen LogP contribution >= 0.6 is 11.6 Å². The average molecular weight is 907 g/mol. The van der Waals surface area contributed by atoms with Crippen LogP contribution in [0, 0.1) is 0 Å². The number of fused-ring (bicyclic) bond motifs is 2. The Balaban J connectivity index is 0.000000161. The van der Waals surface area contributed by atoms with Gasteiger partial charge >= 0.3 is 0 Å². The molecule has 65 heavy (non-hydrogen) atoms. The van der Waals surface area contributed by atoms with Crippen molar-refractivity contribution in [3.05, 3.63) is 91.3 Å². The summed E-state index contributed by atoms with van der Waals surface area (Å²) in [7, 11) is 9.48. The highest BCUT2D eigenvalue weighted by molar-refractivity contribution is 6.28. The third kappa shape index (κ3) is 9.87. The van der Waals surface area contributed by atoms with Crippen molar-refractivity contribution >= 4 is 51.9 Å². The van der Waals surface area contributed by atoms with Gasteiger partial charge in [0.1, 0.15) is 35.3 Å². The van der Waals surface area contributed by atoms with E-state index in [9.17, 15) is 0 Å². The molecule has 2 saturated heterocycles. The number of hydrogen-bond donors (Lipinski definition) is 3. The Bertz CT molecular complexity index is 2790. The lowest BCUT2D eigenvalue weighted by molar-refractivity contribution is 0.324. The molecule has 0 atom stereocenters. The number of methoxy groups -OCH3 is 6. The second kappa shape index (κ2) is 20.4. The number of aromatic nitrogens is 10. The van der Waals surface area contributed by atoms with E-state index in [-0.39, 0.29) is 5.28 Å². The van der Waals surface area contributed by atoms with Crippen LogP contribution < -0.4 is 49.3 Å². The monoisotopic (exact) mass is 906 g/mol. The number of rotatable bonds is 13. The molecule has 8 aromatic rings. The first-order chi connectivity index (χ1) is 31.8. The number of anilines is 5. The number of benzene rings is 2. The van der Waals surface area contributed by atoms with E-state index in [0.717, 1.165) is 54.3 Å². The molecule has 2 aliphatic heterocycles. The first-order valence-corrected chi connectivity index (χ1v) is 21.3. The molecule has 21 heteroatoms. The highest BCUT2D eigenvalue weighted by atomic mass is 35.5. The second-order valence-electron chi connectivity index (χ2n) is 14.7. The van der Waals surface area contributed by atoms with Gasteiger partial charge in [0, 0.05) is 49.7 Å². The van der Waals surface area contributed by atoms with Gasteiger partial charge in [-0.05, 0) is 74.6 Å². The minimum atomic E-state index is 0.134. The van der Waals surface area contributed by atoms with E-state index in [1.807, 2.05) is 80.8 Å². The second-order valence-corrected chi connectivity index (χ2v) is 15.0. The van der Waals surface area contributed by atoms with Crippen LogP contribution in [-0.4, -0.2) is 117 Å². The topological polar surface area (TPSA) is 191 Å². The van der Waals surface area contributed by atoms with Crippen LogP contribution in [0.1, 0.15) is 25.7 Å². The normalized spacial score (nSPS) is 13.2. The fourth-order valence-electron chi connectivity index (χ4n) is 7.42. The predicted molar refractivity (Wildman–Crippen MR) is 248 cm³/mol. The van der Waals surface area contributed by atoms with Gasteiger partial charge in [-0.3, -0.25) is 0 Å². The van der Waals surface area contributed by atoms with Gasteiger partial charge in [0.2, 0.25) is 22.7 Å². The number of ether oxygens (including phenoxy) is 6. The summed E-state index contributed by atoms with van der Waals surface area (Å²) in [6.45, 7) is 4.45. The molecule has 0 aliphatic carbocycles. The molecular weight excluding hydrogens is 856 g/mol. The summed E-state index contributed by atoms with van der Waals surface area (Å²) < 4.78 is 39.7. The Morgan fingerprint density at radius 2 is 1.05 bits per heavy atom. The molecule has 8 heterocycles. The smallest absolute Gasteiger partial charge is 0.245 e. The lowest BCUT2D eigenvalue weighted by Crippen LogP contribution is -2.22. The van der Waals surface area contributed by atoms with Crippen molar-refractivity contribution in [2.45, 2.75) is 25.7 Å². The summed E-state index contributed by atoms with van der Waals surface area (Å²) >= 11 is 6.00. The summed E-state index contributed by atoms with van der Waals surface area (Å²) in [5, 5.41) is 18.6. The van der Waals surface area contributed by atoms with E-state index >= 15 is 0 Å². The molecule has 0 amide bonds. The van der Waals surface area contributed by atoms with Gasteiger partial charge in [-0.15, -0.1) is 10.2 Å². The van der Waals surface area contributed by atoms with Gasteiger partial charge in [-0.2, -0.15) is 9.97 Å². The van der Waals surface area contributed by atoms with Crippen LogP contribution in [0.5, 0.6) is 34.5 Å². The first kappa shape index (κ1) is 44.2.